The maximum absolute atomic E-state index is 11.0. The smallest absolute Gasteiger partial charge is 0.306 e. The van der Waals surface area contributed by atoms with E-state index >= 15 is 0 Å². The monoisotopic (exact) mass is 284 g/mol. The zero-order valence-corrected chi connectivity index (χ0v) is 12.2. The third kappa shape index (κ3) is 1.93. The summed E-state index contributed by atoms with van der Waals surface area (Å²) in [6, 6.07) is 6.37. The Balaban J connectivity index is 1.78. The second-order valence-corrected chi connectivity index (χ2v) is 6.47. The maximum Gasteiger partial charge on any atom is 0.306 e. The lowest BCUT2D eigenvalue weighted by Gasteiger charge is -2.40. The first kappa shape index (κ1) is 12.7. The van der Waals surface area contributed by atoms with Gasteiger partial charge in [-0.1, -0.05) is 13.0 Å². The van der Waals surface area contributed by atoms with Crippen molar-refractivity contribution in [3.05, 3.63) is 29.3 Å². The molecule has 110 valence electrons. The standard InChI is InChI=1S/C17H20N2O2/c1-10(17(20)21)8-11-2-3-14-13(9-11)15-12-4-6-19(7-5-12)16(15)18-14/h2-3,9-10,12,18H,4-8H2,1H3,(H,20,21). The lowest BCUT2D eigenvalue weighted by Crippen LogP contribution is -2.38. The Morgan fingerprint density at radius 2 is 2.19 bits per heavy atom. The summed E-state index contributed by atoms with van der Waals surface area (Å²) >= 11 is 0. The Morgan fingerprint density at radius 3 is 2.90 bits per heavy atom. The van der Waals surface area contributed by atoms with Crippen LogP contribution in [0.5, 0.6) is 0 Å². The minimum absolute atomic E-state index is 0.336. The summed E-state index contributed by atoms with van der Waals surface area (Å²) in [5, 5.41) is 10.4. The molecule has 0 amide bonds. The van der Waals surface area contributed by atoms with E-state index < -0.39 is 5.97 Å². The van der Waals surface area contributed by atoms with Gasteiger partial charge in [0.05, 0.1) is 5.92 Å². The van der Waals surface area contributed by atoms with E-state index in [0.29, 0.717) is 12.3 Å². The average Bonchev–Trinajstić information content (AvgIpc) is 2.89. The van der Waals surface area contributed by atoms with Crippen molar-refractivity contribution in [1.82, 2.24) is 4.98 Å². The van der Waals surface area contributed by atoms with Gasteiger partial charge in [0.2, 0.25) is 0 Å². The van der Waals surface area contributed by atoms with Gasteiger partial charge in [-0.15, -0.1) is 0 Å². The van der Waals surface area contributed by atoms with Crippen LogP contribution < -0.4 is 4.90 Å². The van der Waals surface area contributed by atoms with Gasteiger partial charge in [0, 0.05) is 29.6 Å². The number of H-pyrrole nitrogens is 1. The van der Waals surface area contributed by atoms with Crippen LogP contribution in [0.1, 0.15) is 36.8 Å². The molecule has 1 fully saturated rings. The molecule has 4 nitrogen and oxygen atoms in total. The van der Waals surface area contributed by atoms with Gasteiger partial charge in [0.1, 0.15) is 5.82 Å². The minimum atomic E-state index is -0.726. The van der Waals surface area contributed by atoms with Crippen LogP contribution in [0.4, 0.5) is 5.82 Å². The molecule has 2 N–H and O–H groups in total. The molecule has 0 radical (unpaired) electrons. The Labute approximate surface area is 123 Å². The number of carboxylic acid groups (broad SMARTS) is 1. The van der Waals surface area contributed by atoms with E-state index in [0.717, 1.165) is 18.7 Å². The van der Waals surface area contributed by atoms with Crippen molar-refractivity contribution in [2.45, 2.75) is 32.1 Å². The van der Waals surface area contributed by atoms with E-state index in [4.69, 9.17) is 5.11 Å². The van der Waals surface area contributed by atoms with Crippen LogP contribution >= 0.6 is 0 Å². The predicted octanol–water partition coefficient (Wildman–Crippen LogP) is 3.13. The summed E-state index contributed by atoms with van der Waals surface area (Å²) in [7, 11) is 0. The minimum Gasteiger partial charge on any atom is -0.481 e. The van der Waals surface area contributed by atoms with Gasteiger partial charge in [-0.25, -0.2) is 0 Å². The number of rotatable bonds is 3. The number of carboxylic acids is 1. The summed E-state index contributed by atoms with van der Waals surface area (Å²) in [4.78, 5) is 17.1. The molecule has 3 aliphatic heterocycles. The number of aromatic nitrogens is 1. The van der Waals surface area contributed by atoms with Gasteiger partial charge in [-0.2, -0.15) is 0 Å². The van der Waals surface area contributed by atoms with E-state index in [9.17, 15) is 4.79 Å². The van der Waals surface area contributed by atoms with Crippen LogP contribution in [0, 0.1) is 5.92 Å². The van der Waals surface area contributed by atoms with Gasteiger partial charge < -0.3 is 15.0 Å². The van der Waals surface area contributed by atoms with E-state index in [1.807, 2.05) is 0 Å². The van der Waals surface area contributed by atoms with Crippen LogP contribution in [0.3, 0.4) is 0 Å². The molecule has 2 bridgehead atoms. The molecule has 1 saturated heterocycles. The van der Waals surface area contributed by atoms with Crippen LogP contribution in [0.15, 0.2) is 18.2 Å². The SMILES string of the molecule is CC(Cc1ccc2[nH]c3c(c2c1)C1CCN3CC1)C(=O)O. The number of fused-ring (bicyclic) bond motifs is 3. The molecule has 1 aromatic heterocycles. The second-order valence-electron chi connectivity index (χ2n) is 6.47. The number of aromatic amines is 1. The zero-order chi connectivity index (χ0) is 14.6. The predicted molar refractivity (Wildman–Crippen MR) is 83.0 cm³/mol. The molecule has 2 aromatic rings. The quantitative estimate of drug-likeness (QED) is 0.910. The number of nitrogens with one attached hydrogen (secondary N) is 1. The van der Waals surface area contributed by atoms with E-state index in [-0.39, 0.29) is 5.92 Å². The van der Waals surface area contributed by atoms with Crippen molar-refractivity contribution in [3.8, 4) is 0 Å². The Kier molecular flexibility index (Phi) is 2.74. The number of hydrogen-bond acceptors (Lipinski definition) is 2. The van der Waals surface area contributed by atoms with Crippen molar-refractivity contribution in [1.29, 1.82) is 0 Å². The molecule has 5 rings (SSSR count). The molecular formula is C17H20N2O2. The van der Waals surface area contributed by atoms with Crippen molar-refractivity contribution in [3.63, 3.8) is 0 Å². The first-order valence-corrected chi connectivity index (χ1v) is 7.75. The van der Waals surface area contributed by atoms with Crippen molar-refractivity contribution in [2.75, 3.05) is 18.0 Å². The lowest BCUT2D eigenvalue weighted by molar-refractivity contribution is -0.141. The van der Waals surface area contributed by atoms with Crippen molar-refractivity contribution >= 4 is 22.7 Å². The largest absolute Gasteiger partial charge is 0.481 e. The Hall–Kier alpha value is -1.97. The van der Waals surface area contributed by atoms with Crippen LogP contribution in [-0.4, -0.2) is 29.1 Å². The Bertz CT molecular complexity index is 711. The molecule has 4 heterocycles. The highest BCUT2D eigenvalue weighted by Gasteiger charge is 2.33. The van der Waals surface area contributed by atoms with Gasteiger partial charge in [0.25, 0.3) is 0 Å². The third-order valence-electron chi connectivity index (χ3n) is 5.07. The van der Waals surface area contributed by atoms with Crippen LogP contribution in [0.2, 0.25) is 0 Å². The number of carbonyl (C=O) groups is 1. The average molecular weight is 284 g/mol. The van der Waals surface area contributed by atoms with E-state index in [1.54, 1.807) is 6.92 Å². The highest BCUT2D eigenvalue weighted by atomic mass is 16.4. The Morgan fingerprint density at radius 1 is 1.43 bits per heavy atom. The highest BCUT2D eigenvalue weighted by molar-refractivity contribution is 5.91. The molecular weight excluding hydrogens is 264 g/mol. The number of hydrogen-bond donors (Lipinski definition) is 2. The molecule has 3 aliphatic rings. The molecule has 1 aromatic carbocycles. The molecule has 21 heavy (non-hydrogen) atoms. The first-order valence-electron chi connectivity index (χ1n) is 7.75. The molecule has 1 unspecified atom stereocenters. The zero-order valence-electron chi connectivity index (χ0n) is 12.2. The van der Waals surface area contributed by atoms with Gasteiger partial charge in [-0.3, -0.25) is 4.79 Å². The fourth-order valence-corrected chi connectivity index (χ4v) is 3.87. The molecule has 4 heteroatoms. The molecule has 1 atom stereocenters. The topological polar surface area (TPSA) is 56.3 Å². The van der Waals surface area contributed by atoms with Gasteiger partial charge in [0.15, 0.2) is 0 Å². The molecule has 0 aliphatic carbocycles. The number of aliphatic carboxylic acids is 1. The van der Waals surface area contributed by atoms with Crippen molar-refractivity contribution in [2.24, 2.45) is 5.92 Å². The van der Waals surface area contributed by atoms with E-state index in [1.165, 1.54) is 35.1 Å². The van der Waals surface area contributed by atoms with Crippen molar-refractivity contribution < 1.29 is 9.90 Å². The summed E-state index contributed by atoms with van der Waals surface area (Å²) in [5.74, 6) is 0.913. The molecule has 0 spiro atoms. The molecule has 0 saturated carbocycles. The highest BCUT2D eigenvalue weighted by Crippen LogP contribution is 2.45. The third-order valence-corrected chi connectivity index (χ3v) is 5.07. The van der Waals surface area contributed by atoms with Crippen LogP contribution in [0.25, 0.3) is 10.9 Å². The summed E-state index contributed by atoms with van der Waals surface area (Å²) < 4.78 is 0. The number of benzene rings is 1. The fourth-order valence-electron chi connectivity index (χ4n) is 3.87. The number of anilines is 1. The number of piperidine rings is 1. The van der Waals surface area contributed by atoms with Gasteiger partial charge >= 0.3 is 5.97 Å². The summed E-state index contributed by atoms with van der Waals surface area (Å²) in [5.41, 5.74) is 3.77. The second kappa shape index (κ2) is 4.52. The maximum atomic E-state index is 11.0. The van der Waals surface area contributed by atoms with Gasteiger partial charge in [-0.05, 0) is 42.9 Å². The van der Waals surface area contributed by atoms with Crippen LogP contribution in [-0.2, 0) is 11.2 Å². The number of nitrogens with zero attached hydrogens (tertiary/aromatic N) is 1. The van der Waals surface area contributed by atoms with E-state index in [2.05, 4.69) is 28.1 Å². The summed E-state index contributed by atoms with van der Waals surface area (Å²) in [6.45, 7) is 4.09. The fraction of sp³-hybridized carbons (Fsp3) is 0.471. The lowest BCUT2D eigenvalue weighted by atomic mass is 9.84. The normalized spacial score (nSPS) is 19.0. The first-order chi connectivity index (χ1) is 10.1. The summed E-state index contributed by atoms with van der Waals surface area (Å²) in [6.07, 6.45) is 3.09.